The summed E-state index contributed by atoms with van der Waals surface area (Å²) < 4.78 is 4.03. The van der Waals surface area contributed by atoms with E-state index >= 15 is 0 Å². The smallest absolute Gasteiger partial charge is 0.347 e. The lowest BCUT2D eigenvalue weighted by molar-refractivity contribution is 0.0702. The Labute approximate surface area is 105 Å². The van der Waals surface area contributed by atoms with Crippen LogP contribution >= 0.6 is 34.7 Å². The van der Waals surface area contributed by atoms with Gasteiger partial charge in [0, 0.05) is 10.6 Å². The van der Waals surface area contributed by atoms with Gasteiger partial charge in [-0.1, -0.05) is 23.2 Å². The van der Waals surface area contributed by atoms with Crippen molar-refractivity contribution in [2.45, 2.75) is 0 Å². The van der Waals surface area contributed by atoms with Gasteiger partial charge in [0.2, 0.25) is 0 Å². The Morgan fingerprint density at radius 1 is 1.31 bits per heavy atom. The molecule has 0 aliphatic carbocycles. The molecule has 1 heterocycles. The Bertz CT molecular complexity index is 554. The van der Waals surface area contributed by atoms with Crippen molar-refractivity contribution in [3.63, 3.8) is 0 Å². The van der Waals surface area contributed by atoms with Crippen molar-refractivity contribution in [1.29, 1.82) is 0 Å². The first kappa shape index (κ1) is 11.4. The van der Waals surface area contributed by atoms with Crippen molar-refractivity contribution < 1.29 is 9.90 Å². The quantitative estimate of drug-likeness (QED) is 0.905. The third-order valence-corrected chi connectivity index (χ3v) is 3.25. The molecule has 0 saturated heterocycles. The van der Waals surface area contributed by atoms with E-state index in [1.807, 2.05) is 0 Å². The van der Waals surface area contributed by atoms with E-state index in [2.05, 4.69) is 4.37 Å². The van der Waals surface area contributed by atoms with E-state index in [4.69, 9.17) is 28.3 Å². The van der Waals surface area contributed by atoms with E-state index in [0.717, 1.165) is 11.5 Å². The normalized spacial score (nSPS) is 10.4. The number of carboxylic acid groups (broad SMARTS) is 1. The summed E-state index contributed by atoms with van der Waals surface area (Å²) in [5.41, 5.74) is 1.22. The van der Waals surface area contributed by atoms with Crippen LogP contribution in [-0.2, 0) is 0 Å². The van der Waals surface area contributed by atoms with Gasteiger partial charge < -0.3 is 5.11 Å². The zero-order chi connectivity index (χ0) is 11.7. The molecule has 82 valence electrons. The Hall–Kier alpha value is -1.10. The van der Waals surface area contributed by atoms with Crippen molar-refractivity contribution >= 4 is 40.7 Å². The molecule has 0 radical (unpaired) electrons. The number of carboxylic acids is 1. The summed E-state index contributed by atoms with van der Waals surface area (Å²) >= 11 is 12.7. The Balaban J connectivity index is 2.46. The summed E-state index contributed by atoms with van der Waals surface area (Å²) in [6.07, 6.45) is 0. The van der Waals surface area contributed by atoms with Crippen LogP contribution in [0, 0.1) is 0 Å². The molecule has 0 atom stereocenters. The third-order valence-electron chi connectivity index (χ3n) is 1.93. The SMILES string of the molecule is O=C(O)c1cc(-c2ccc(Cl)cc2Cl)ns1. The van der Waals surface area contributed by atoms with Crippen molar-refractivity contribution in [1.82, 2.24) is 4.37 Å². The van der Waals surface area contributed by atoms with Gasteiger partial charge in [-0.05, 0) is 35.8 Å². The largest absolute Gasteiger partial charge is 0.477 e. The second kappa shape index (κ2) is 4.41. The molecular weight excluding hydrogens is 269 g/mol. The molecule has 3 nitrogen and oxygen atoms in total. The average Bonchev–Trinajstić information content (AvgIpc) is 2.66. The van der Waals surface area contributed by atoms with E-state index in [1.165, 1.54) is 6.07 Å². The summed E-state index contributed by atoms with van der Waals surface area (Å²) in [6.45, 7) is 0. The zero-order valence-corrected chi connectivity index (χ0v) is 10.1. The standard InChI is InChI=1S/C10H5Cl2NO2S/c11-5-1-2-6(7(12)3-5)8-4-9(10(14)15)16-13-8/h1-4H,(H,14,15). The number of hydrogen-bond donors (Lipinski definition) is 1. The molecule has 1 N–H and O–H groups in total. The summed E-state index contributed by atoms with van der Waals surface area (Å²) in [5.74, 6) is -0.992. The van der Waals surface area contributed by atoms with Gasteiger partial charge >= 0.3 is 5.97 Å². The van der Waals surface area contributed by atoms with Gasteiger partial charge in [0.15, 0.2) is 0 Å². The lowest BCUT2D eigenvalue weighted by Gasteiger charge is -2.00. The molecule has 0 aliphatic rings. The van der Waals surface area contributed by atoms with Crippen molar-refractivity contribution in [3.8, 4) is 11.3 Å². The molecule has 0 saturated carbocycles. The van der Waals surface area contributed by atoms with Gasteiger partial charge in [0.05, 0.1) is 10.7 Å². The minimum Gasteiger partial charge on any atom is -0.477 e. The Morgan fingerprint density at radius 3 is 2.62 bits per heavy atom. The van der Waals surface area contributed by atoms with Crippen LogP contribution in [-0.4, -0.2) is 15.4 Å². The fraction of sp³-hybridized carbons (Fsp3) is 0. The summed E-state index contributed by atoms with van der Waals surface area (Å²) in [7, 11) is 0. The molecule has 0 unspecified atom stereocenters. The maximum Gasteiger partial charge on any atom is 0.347 e. The van der Waals surface area contributed by atoms with E-state index < -0.39 is 5.97 Å². The Morgan fingerprint density at radius 2 is 2.06 bits per heavy atom. The van der Waals surface area contributed by atoms with Crippen LogP contribution < -0.4 is 0 Å². The topological polar surface area (TPSA) is 50.2 Å². The molecule has 0 fully saturated rings. The summed E-state index contributed by atoms with van der Waals surface area (Å²) in [4.78, 5) is 10.9. The lowest BCUT2D eigenvalue weighted by atomic mass is 10.1. The predicted molar refractivity (Wildman–Crippen MR) is 64.5 cm³/mol. The summed E-state index contributed by atoms with van der Waals surface area (Å²) in [5, 5.41) is 9.76. The molecule has 0 bridgehead atoms. The molecule has 16 heavy (non-hydrogen) atoms. The fourth-order valence-corrected chi connectivity index (χ4v) is 2.30. The van der Waals surface area contributed by atoms with Crippen molar-refractivity contribution in [2.24, 2.45) is 0 Å². The van der Waals surface area contributed by atoms with Gasteiger partial charge in [-0.25, -0.2) is 4.79 Å². The molecule has 2 aromatic rings. The van der Waals surface area contributed by atoms with Crippen LogP contribution in [0.15, 0.2) is 24.3 Å². The van der Waals surface area contributed by atoms with Crippen molar-refractivity contribution in [3.05, 3.63) is 39.2 Å². The fourth-order valence-electron chi connectivity index (χ4n) is 1.20. The molecule has 2 rings (SSSR count). The Kier molecular flexibility index (Phi) is 3.14. The van der Waals surface area contributed by atoms with Crippen LogP contribution in [0.1, 0.15) is 9.67 Å². The number of nitrogens with zero attached hydrogens (tertiary/aromatic N) is 1. The predicted octanol–water partition coefficient (Wildman–Crippen LogP) is 3.82. The van der Waals surface area contributed by atoms with Crippen LogP contribution in [0.2, 0.25) is 10.0 Å². The van der Waals surface area contributed by atoms with Crippen LogP contribution in [0.5, 0.6) is 0 Å². The number of benzene rings is 1. The number of halogens is 2. The maximum atomic E-state index is 10.7. The molecule has 0 amide bonds. The number of rotatable bonds is 2. The van der Waals surface area contributed by atoms with E-state index in [-0.39, 0.29) is 4.88 Å². The van der Waals surface area contributed by atoms with Crippen LogP contribution in [0.25, 0.3) is 11.3 Å². The minimum atomic E-state index is -0.992. The van der Waals surface area contributed by atoms with E-state index in [0.29, 0.717) is 21.3 Å². The molecule has 1 aromatic heterocycles. The van der Waals surface area contributed by atoms with Gasteiger partial charge in [-0.15, -0.1) is 0 Å². The second-order valence-corrected chi connectivity index (χ2v) is 4.65. The zero-order valence-electron chi connectivity index (χ0n) is 7.78. The highest BCUT2D eigenvalue weighted by atomic mass is 35.5. The lowest BCUT2D eigenvalue weighted by Crippen LogP contribution is -1.90. The van der Waals surface area contributed by atoms with Gasteiger partial charge in [-0.2, -0.15) is 4.37 Å². The number of aromatic nitrogens is 1. The minimum absolute atomic E-state index is 0.181. The number of aromatic carboxylic acids is 1. The molecular formula is C10H5Cl2NO2S. The first-order chi connectivity index (χ1) is 7.58. The average molecular weight is 274 g/mol. The summed E-state index contributed by atoms with van der Waals surface area (Å²) in [6, 6.07) is 6.48. The number of carbonyl (C=O) groups is 1. The highest BCUT2D eigenvalue weighted by Gasteiger charge is 2.12. The van der Waals surface area contributed by atoms with Crippen LogP contribution in [0.4, 0.5) is 0 Å². The molecule has 0 aliphatic heterocycles. The van der Waals surface area contributed by atoms with Gasteiger partial charge in [0.1, 0.15) is 4.88 Å². The van der Waals surface area contributed by atoms with Gasteiger partial charge in [0.25, 0.3) is 0 Å². The first-order valence-electron chi connectivity index (χ1n) is 4.23. The van der Waals surface area contributed by atoms with Gasteiger partial charge in [-0.3, -0.25) is 0 Å². The maximum absolute atomic E-state index is 10.7. The van der Waals surface area contributed by atoms with Crippen molar-refractivity contribution in [2.75, 3.05) is 0 Å². The highest BCUT2D eigenvalue weighted by Crippen LogP contribution is 2.30. The van der Waals surface area contributed by atoms with Crippen LogP contribution in [0.3, 0.4) is 0 Å². The molecule has 1 aromatic carbocycles. The van der Waals surface area contributed by atoms with E-state index in [9.17, 15) is 4.79 Å². The molecule has 6 heteroatoms. The second-order valence-electron chi connectivity index (χ2n) is 3.01. The highest BCUT2D eigenvalue weighted by molar-refractivity contribution is 7.08. The monoisotopic (exact) mass is 273 g/mol. The van der Waals surface area contributed by atoms with E-state index in [1.54, 1.807) is 18.2 Å². The third kappa shape index (κ3) is 2.19. The number of hydrogen-bond acceptors (Lipinski definition) is 3. The first-order valence-corrected chi connectivity index (χ1v) is 5.76. The molecule has 0 spiro atoms.